The molecule has 4 rings (SSSR count). The molecule has 4 nitrogen and oxygen atoms in total. The van der Waals surface area contributed by atoms with E-state index in [0.29, 0.717) is 38.3 Å². The second-order valence-corrected chi connectivity index (χ2v) is 6.60. The average Bonchev–Trinajstić information content (AvgIpc) is 3.07. The summed E-state index contributed by atoms with van der Waals surface area (Å²) in [5.74, 6) is -0.820. The van der Waals surface area contributed by atoms with Crippen molar-refractivity contribution in [3.8, 4) is 11.5 Å². The highest BCUT2D eigenvalue weighted by atomic mass is 35.5. The third-order valence-corrected chi connectivity index (χ3v) is 4.49. The number of rotatable bonds is 3. The highest BCUT2D eigenvalue weighted by molar-refractivity contribution is 6.35. The standard InChI is InChI=1S/C20H11Cl2FN2O2/c21-11-5-7-15(22)14(9-11)20-25-17-10-12(6-8-18(17)27-20)24-19(26)13-3-1-2-4-16(13)23/h1-10H,(H,24,26). The number of nitrogens with one attached hydrogen (secondary N) is 1. The molecule has 0 bridgehead atoms. The number of benzene rings is 3. The number of aromatic nitrogens is 1. The molecular weight excluding hydrogens is 390 g/mol. The molecule has 7 heteroatoms. The third kappa shape index (κ3) is 3.52. The Morgan fingerprint density at radius 1 is 1.04 bits per heavy atom. The third-order valence-electron chi connectivity index (χ3n) is 3.92. The molecule has 0 radical (unpaired) electrons. The van der Waals surface area contributed by atoms with Gasteiger partial charge in [0.25, 0.3) is 5.91 Å². The van der Waals surface area contributed by atoms with Crippen molar-refractivity contribution in [3.05, 3.63) is 82.1 Å². The minimum atomic E-state index is -0.588. The molecule has 134 valence electrons. The van der Waals surface area contributed by atoms with E-state index in [9.17, 15) is 9.18 Å². The quantitative estimate of drug-likeness (QED) is 0.445. The van der Waals surface area contributed by atoms with E-state index in [-0.39, 0.29) is 5.56 Å². The van der Waals surface area contributed by atoms with Crippen molar-refractivity contribution in [2.45, 2.75) is 0 Å². The largest absolute Gasteiger partial charge is 0.436 e. The van der Waals surface area contributed by atoms with Gasteiger partial charge in [-0.25, -0.2) is 9.37 Å². The summed E-state index contributed by atoms with van der Waals surface area (Å²) in [5.41, 5.74) is 2.03. The highest BCUT2D eigenvalue weighted by Gasteiger charge is 2.15. The van der Waals surface area contributed by atoms with E-state index in [1.165, 1.54) is 18.2 Å². The molecule has 0 atom stereocenters. The Labute approximate surface area is 163 Å². The summed E-state index contributed by atoms with van der Waals surface area (Å²) in [7, 11) is 0. The lowest BCUT2D eigenvalue weighted by Crippen LogP contribution is -2.13. The van der Waals surface area contributed by atoms with Gasteiger partial charge in [0.05, 0.1) is 16.1 Å². The van der Waals surface area contributed by atoms with Crippen molar-refractivity contribution in [2.75, 3.05) is 5.32 Å². The van der Waals surface area contributed by atoms with Crippen LogP contribution >= 0.6 is 23.2 Å². The van der Waals surface area contributed by atoms with Gasteiger partial charge in [0.2, 0.25) is 5.89 Å². The van der Waals surface area contributed by atoms with E-state index >= 15 is 0 Å². The molecule has 0 fully saturated rings. The zero-order valence-electron chi connectivity index (χ0n) is 13.7. The SMILES string of the molecule is O=C(Nc1ccc2oc(-c3cc(Cl)ccc3Cl)nc2c1)c1ccccc1F. The van der Waals surface area contributed by atoms with E-state index in [1.54, 1.807) is 42.5 Å². The fraction of sp³-hybridized carbons (Fsp3) is 0. The van der Waals surface area contributed by atoms with Gasteiger partial charge in [0.1, 0.15) is 11.3 Å². The first kappa shape index (κ1) is 17.5. The van der Waals surface area contributed by atoms with Crippen LogP contribution in [0.25, 0.3) is 22.6 Å². The van der Waals surface area contributed by atoms with Crippen molar-refractivity contribution in [2.24, 2.45) is 0 Å². The molecule has 0 aliphatic heterocycles. The predicted octanol–water partition coefficient (Wildman–Crippen LogP) is 6.19. The fourth-order valence-corrected chi connectivity index (χ4v) is 3.00. The number of carbonyl (C=O) groups excluding carboxylic acids is 1. The van der Waals surface area contributed by atoms with Crippen molar-refractivity contribution in [1.29, 1.82) is 0 Å². The van der Waals surface area contributed by atoms with Crippen molar-refractivity contribution in [1.82, 2.24) is 4.98 Å². The van der Waals surface area contributed by atoms with Crippen LogP contribution in [-0.2, 0) is 0 Å². The Bertz CT molecular complexity index is 1170. The van der Waals surface area contributed by atoms with E-state index in [2.05, 4.69) is 10.3 Å². The molecule has 0 saturated heterocycles. The number of nitrogens with zero attached hydrogens (tertiary/aromatic N) is 1. The molecule has 1 amide bonds. The molecule has 0 saturated carbocycles. The Morgan fingerprint density at radius 3 is 2.67 bits per heavy atom. The lowest BCUT2D eigenvalue weighted by atomic mass is 10.2. The Hall–Kier alpha value is -2.89. The Balaban J connectivity index is 1.66. The maximum Gasteiger partial charge on any atom is 0.258 e. The maximum atomic E-state index is 13.7. The average molecular weight is 401 g/mol. The van der Waals surface area contributed by atoms with E-state index in [4.69, 9.17) is 27.6 Å². The van der Waals surface area contributed by atoms with Crippen molar-refractivity contribution < 1.29 is 13.6 Å². The molecule has 3 aromatic carbocycles. The zero-order valence-corrected chi connectivity index (χ0v) is 15.2. The van der Waals surface area contributed by atoms with Crippen LogP contribution in [0.3, 0.4) is 0 Å². The van der Waals surface area contributed by atoms with Gasteiger partial charge in [-0.15, -0.1) is 0 Å². The first-order valence-corrected chi connectivity index (χ1v) is 8.69. The van der Waals surface area contributed by atoms with E-state index in [1.807, 2.05) is 0 Å². The first-order chi connectivity index (χ1) is 13.0. The van der Waals surface area contributed by atoms with Crippen LogP contribution in [0.1, 0.15) is 10.4 Å². The Morgan fingerprint density at radius 2 is 1.85 bits per heavy atom. The molecule has 1 heterocycles. The lowest BCUT2D eigenvalue weighted by Gasteiger charge is -2.05. The topological polar surface area (TPSA) is 55.1 Å². The molecule has 4 aromatic rings. The highest BCUT2D eigenvalue weighted by Crippen LogP contribution is 2.32. The number of hydrogen-bond acceptors (Lipinski definition) is 3. The predicted molar refractivity (Wildman–Crippen MR) is 104 cm³/mol. The zero-order chi connectivity index (χ0) is 19.0. The number of anilines is 1. The second-order valence-electron chi connectivity index (χ2n) is 5.76. The van der Waals surface area contributed by atoms with Crippen LogP contribution < -0.4 is 5.32 Å². The van der Waals surface area contributed by atoms with Crippen LogP contribution in [-0.4, -0.2) is 10.9 Å². The molecule has 0 aliphatic carbocycles. The minimum Gasteiger partial charge on any atom is -0.436 e. The van der Waals surface area contributed by atoms with Crippen LogP contribution in [0.15, 0.2) is 65.1 Å². The normalized spacial score (nSPS) is 10.9. The minimum absolute atomic E-state index is 0.0378. The van der Waals surface area contributed by atoms with E-state index < -0.39 is 11.7 Å². The van der Waals surface area contributed by atoms with Crippen LogP contribution in [0, 0.1) is 5.82 Å². The van der Waals surface area contributed by atoms with Gasteiger partial charge in [-0.2, -0.15) is 0 Å². The van der Waals surface area contributed by atoms with Gasteiger partial charge in [-0.3, -0.25) is 4.79 Å². The summed E-state index contributed by atoms with van der Waals surface area (Å²) in [6.45, 7) is 0. The van der Waals surface area contributed by atoms with Gasteiger partial charge >= 0.3 is 0 Å². The summed E-state index contributed by atoms with van der Waals surface area (Å²) < 4.78 is 19.5. The molecule has 27 heavy (non-hydrogen) atoms. The number of fused-ring (bicyclic) bond motifs is 1. The fourth-order valence-electron chi connectivity index (χ4n) is 2.63. The van der Waals surface area contributed by atoms with Crippen LogP contribution in [0.5, 0.6) is 0 Å². The van der Waals surface area contributed by atoms with Crippen molar-refractivity contribution >= 4 is 45.9 Å². The number of oxazole rings is 1. The first-order valence-electron chi connectivity index (χ1n) is 7.93. The van der Waals surface area contributed by atoms with Crippen LogP contribution in [0.2, 0.25) is 10.0 Å². The Kier molecular flexibility index (Phi) is 4.56. The number of hydrogen-bond donors (Lipinski definition) is 1. The van der Waals surface area contributed by atoms with Gasteiger partial charge in [-0.05, 0) is 48.5 Å². The van der Waals surface area contributed by atoms with Gasteiger partial charge in [-0.1, -0.05) is 35.3 Å². The smallest absolute Gasteiger partial charge is 0.258 e. The monoisotopic (exact) mass is 400 g/mol. The summed E-state index contributed by atoms with van der Waals surface area (Å²) in [5, 5.41) is 3.62. The summed E-state index contributed by atoms with van der Waals surface area (Å²) in [4.78, 5) is 16.7. The number of halogens is 3. The maximum absolute atomic E-state index is 13.7. The molecule has 0 unspecified atom stereocenters. The lowest BCUT2D eigenvalue weighted by molar-refractivity contribution is 0.102. The number of amides is 1. The van der Waals surface area contributed by atoms with Crippen molar-refractivity contribution in [3.63, 3.8) is 0 Å². The van der Waals surface area contributed by atoms with Gasteiger partial charge in [0.15, 0.2) is 5.58 Å². The molecule has 0 spiro atoms. The summed E-state index contributed by atoms with van der Waals surface area (Å²) >= 11 is 12.2. The van der Waals surface area contributed by atoms with Gasteiger partial charge in [0, 0.05) is 10.7 Å². The molecule has 0 aliphatic rings. The summed E-state index contributed by atoms with van der Waals surface area (Å²) in [6.07, 6.45) is 0. The summed E-state index contributed by atoms with van der Waals surface area (Å²) in [6, 6.07) is 15.7. The molecule has 1 N–H and O–H groups in total. The number of carbonyl (C=O) groups is 1. The molecular formula is C20H11Cl2FN2O2. The van der Waals surface area contributed by atoms with Crippen LogP contribution in [0.4, 0.5) is 10.1 Å². The molecule has 1 aromatic heterocycles. The van der Waals surface area contributed by atoms with Gasteiger partial charge < -0.3 is 9.73 Å². The van der Waals surface area contributed by atoms with E-state index in [0.717, 1.165) is 0 Å². The second kappa shape index (κ2) is 7.02.